The molecule has 0 unspecified atom stereocenters. The number of carbonyl (C=O) groups is 1. The number of para-hydroxylation sites is 1. The van der Waals surface area contributed by atoms with Crippen LogP contribution >= 0.6 is 11.6 Å². The van der Waals surface area contributed by atoms with Gasteiger partial charge in [-0.15, -0.1) is 0 Å². The topological polar surface area (TPSA) is 42.0 Å². The smallest absolute Gasteiger partial charge is 0.253 e. The number of amides is 1. The Labute approximate surface area is 187 Å². The Kier molecular flexibility index (Phi) is 6.63. The summed E-state index contributed by atoms with van der Waals surface area (Å²) >= 11 is 6.03. The van der Waals surface area contributed by atoms with Gasteiger partial charge < -0.3 is 19.3 Å². The summed E-state index contributed by atoms with van der Waals surface area (Å²) in [6.45, 7) is 3.29. The molecule has 1 amide bonds. The van der Waals surface area contributed by atoms with Gasteiger partial charge in [-0.05, 0) is 48.5 Å². The average Bonchev–Trinajstić information content (AvgIpc) is 2.83. The van der Waals surface area contributed by atoms with Gasteiger partial charge >= 0.3 is 0 Å². The highest BCUT2D eigenvalue weighted by atomic mass is 35.5. The van der Waals surface area contributed by atoms with E-state index in [9.17, 15) is 4.79 Å². The first-order chi connectivity index (χ1) is 15.1. The highest BCUT2D eigenvalue weighted by Gasteiger charge is 2.23. The van der Waals surface area contributed by atoms with E-state index in [4.69, 9.17) is 21.1 Å². The Morgan fingerprint density at radius 2 is 1.71 bits per heavy atom. The predicted molar refractivity (Wildman–Crippen MR) is 123 cm³/mol. The number of carbonyl (C=O) groups excluding carboxylic acids is 1. The highest BCUT2D eigenvalue weighted by Crippen LogP contribution is 2.25. The number of hydrogen-bond acceptors (Lipinski definition) is 4. The van der Waals surface area contributed by atoms with Gasteiger partial charge in [-0.3, -0.25) is 4.79 Å². The molecule has 0 radical (unpaired) electrons. The molecule has 0 bridgehead atoms. The van der Waals surface area contributed by atoms with Crippen molar-refractivity contribution in [2.24, 2.45) is 0 Å². The van der Waals surface area contributed by atoms with Gasteiger partial charge in [-0.1, -0.05) is 35.9 Å². The molecule has 3 aromatic carbocycles. The number of ether oxygens (including phenoxy) is 2. The first-order valence-electron chi connectivity index (χ1n) is 10.3. The van der Waals surface area contributed by atoms with Crippen LogP contribution in [-0.2, 0) is 6.61 Å². The SMILES string of the molecule is COc1ccc(C(=O)N2CCN(c3ccccc3)CC2)cc1COc1cccc(Cl)c1. The van der Waals surface area contributed by atoms with Gasteiger partial charge in [0.1, 0.15) is 18.1 Å². The third kappa shape index (κ3) is 5.12. The Hall–Kier alpha value is -3.18. The van der Waals surface area contributed by atoms with E-state index in [1.54, 1.807) is 19.2 Å². The Morgan fingerprint density at radius 1 is 0.935 bits per heavy atom. The van der Waals surface area contributed by atoms with Crippen molar-refractivity contribution in [3.63, 3.8) is 0 Å². The number of halogens is 1. The molecular formula is C25H25ClN2O3. The van der Waals surface area contributed by atoms with Crippen molar-refractivity contribution in [1.29, 1.82) is 0 Å². The second-order valence-electron chi connectivity index (χ2n) is 7.39. The van der Waals surface area contributed by atoms with E-state index >= 15 is 0 Å². The summed E-state index contributed by atoms with van der Waals surface area (Å²) in [6, 6.07) is 23.0. The van der Waals surface area contributed by atoms with Gasteiger partial charge in [0.25, 0.3) is 5.91 Å². The van der Waals surface area contributed by atoms with Crippen LogP contribution in [0.5, 0.6) is 11.5 Å². The predicted octanol–water partition coefficient (Wildman–Crippen LogP) is 4.89. The molecule has 1 aliphatic rings. The zero-order chi connectivity index (χ0) is 21.6. The van der Waals surface area contributed by atoms with Crippen LogP contribution in [0.1, 0.15) is 15.9 Å². The molecule has 0 N–H and O–H groups in total. The van der Waals surface area contributed by atoms with Crippen LogP contribution in [0.4, 0.5) is 5.69 Å². The molecule has 4 rings (SSSR count). The van der Waals surface area contributed by atoms with Gasteiger partial charge in [-0.25, -0.2) is 0 Å². The molecule has 5 nitrogen and oxygen atoms in total. The first-order valence-corrected chi connectivity index (χ1v) is 10.7. The van der Waals surface area contributed by atoms with E-state index in [2.05, 4.69) is 17.0 Å². The fraction of sp³-hybridized carbons (Fsp3) is 0.240. The van der Waals surface area contributed by atoms with E-state index in [-0.39, 0.29) is 12.5 Å². The van der Waals surface area contributed by atoms with Crippen molar-refractivity contribution in [3.8, 4) is 11.5 Å². The summed E-state index contributed by atoms with van der Waals surface area (Å²) in [5, 5.41) is 0.614. The van der Waals surface area contributed by atoms with Gasteiger partial charge in [0, 0.05) is 48.0 Å². The maximum atomic E-state index is 13.1. The summed E-state index contributed by atoms with van der Waals surface area (Å²) in [7, 11) is 1.61. The number of piperazine rings is 1. The van der Waals surface area contributed by atoms with Crippen LogP contribution in [0.3, 0.4) is 0 Å². The van der Waals surface area contributed by atoms with Crippen molar-refractivity contribution in [2.75, 3.05) is 38.2 Å². The molecule has 160 valence electrons. The molecule has 31 heavy (non-hydrogen) atoms. The molecular weight excluding hydrogens is 412 g/mol. The molecule has 1 saturated heterocycles. The lowest BCUT2D eigenvalue weighted by Crippen LogP contribution is -2.48. The standard InChI is InChI=1S/C25H25ClN2O3/c1-30-24-11-10-19(16-20(24)18-31-23-9-5-6-21(26)17-23)25(29)28-14-12-27(13-15-28)22-7-3-2-4-8-22/h2-11,16-17H,12-15,18H2,1H3. The van der Waals surface area contributed by atoms with Crippen molar-refractivity contribution < 1.29 is 14.3 Å². The lowest BCUT2D eigenvalue weighted by molar-refractivity contribution is 0.0746. The van der Waals surface area contributed by atoms with E-state index in [1.165, 1.54) is 5.69 Å². The molecule has 0 saturated carbocycles. The third-order valence-electron chi connectivity index (χ3n) is 5.41. The number of methoxy groups -OCH3 is 1. The summed E-state index contributed by atoms with van der Waals surface area (Å²) < 4.78 is 11.3. The largest absolute Gasteiger partial charge is 0.496 e. The lowest BCUT2D eigenvalue weighted by atomic mass is 10.1. The zero-order valence-electron chi connectivity index (χ0n) is 17.5. The molecule has 1 fully saturated rings. The minimum absolute atomic E-state index is 0.0272. The van der Waals surface area contributed by atoms with E-state index in [0.29, 0.717) is 35.2 Å². The average molecular weight is 437 g/mol. The number of hydrogen-bond donors (Lipinski definition) is 0. The lowest BCUT2D eigenvalue weighted by Gasteiger charge is -2.36. The van der Waals surface area contributed by atoms with Crippen molar-refractivity contribution in [2.45, 2.75) is 6.61 Å². The first kappa shape index (κ1) is 21.1. The maximum absolute atomic E-state index is 13.1. The number of benzene rings is 3. The Morgan fingerprint density at radius 3 is 2.42 bits per heavy atom. The maximum Gasteiger partial charge on any atom is 0.253 e. The van der Waals surface area contributed by atoms with Crippen molar-refractivity contribution in [3.05, 3.63) is 88.9 Å². The van der Waals surface area contributed by atoms with Crippen LogP contribution in [0.2, 0.25) is 5.02 Å². The zero-order valence-corrected chi connectivity index (χ0v) is 18.2. The number of rotatable bonds is 6. The molecule has 0 aliphatic carbocycles. The quantitative estimate of drug-likeness (QED) is 0.551. The van der Waals surface area contributed by atoms with Crippen molar-refractivity contribution in [1.82, 2.24) is 4.90 Å². The van der Waals surface area contributed by atoms with Gasteiger partial charge in [0.05, 0.1) is 7.11 Å². The van der Waals surface area contributed by atoms with Crippen LogP contribution in [-0.4, -0.2) is 44.1 Å². The molecule has 0 aromatic heterocycles. The second kappa shape index (κ2) is 9.75. The molecule has 1 aliphatic heterocycles. The summed E-state index contributed by atoms with van der Waals surface area (Å²) in [6.07, 6.45) is 0. The molecule has 6 heteroatoms. The van der Waals surface area contributed by atoms with Crippen LogP contribution < -0.4 is 14.4 Å². The molecule has 3 aromatic rings. The monoisotopic (exact) mass is 436 g/mol. The summed E-state index contributed by atoms with van der Waals surface area (Å²) in [4.78, 5) is 17.3. The number of anilines is 1. The van der Waals surface area contributed by atoms with Crippen LogP contribution in [0, 0.1) is 0 Å². The Balaban J connectivity index is 1.43. The van der Waals surface area contributed by atoms with Gasteiger partial charge in [0.15, 0.2) is 0 Å². The minimum atomic E-state index is 0.0272. The molecule has 1 heterocycles. The van der Waals surface area contributed by atoms with E-state index in [1.807, 2.05) is 53.4 Å². The van der Waals surface area contributed by atoms with Crippen LogP contribution in [0.15, 0.2) is 72.8 Å². The summed E-state index contributed by atoms with van der Waals surface area (Å²) in [5.74, 6) is 1.38. The number of nitrogens with zero attached hydrogens (tertiary/aromatic N) is 2. The Bertz CT molecular complexity index is 1030. The minimum Gasteiger partial charge on any atom is -0.496 e. The van der Waals surface area contributed by atoms with Gasteiger partial charge in [-0.2, -0.15) is 0 Å². The molecule has 0 spiro atoms. The summed E-state index contributed by atoms with van der Waals surface area (Å²) in [5.41, 5.74) is 2.65. The fourth-order valence-electron chi connectivity index (χ4n) is 3.73. The van der Waals surface area contributed by atoms with E-state index < -0.39 is 0 Å². The van der Waals surface area contributed by atoms with E-state index in [0.717, 1.165) is 18.7 Å². The second-order valence-corrected chi connectivity index (χ2v) is 7.82. The highest BCUT2D eigenvalue weighted by molar-refractivity contribution is 6.30. The van der Waals surface area contributed by atoms with Crippen molar-refractivity contribution >= 4 is 23.2 Å². The van der Waals surface area contributed by atoms with Crippen LogP contribution in [0.25, 0.3) is 0 Å². The molecule has 0 atom stereocenters. The third-order valence-corrected chi connectivity index (χ3v) is 5.64. The van der Waals surface area contributed by atoms with Gasteiger partial charge in [0.2, 0.25) is 0 Å². The fourth-order valence-corrected chi connectivity index (χ4v) is 3.91. The normalized spacial score (nSPS) is 13.7.